The van der Waals surface area contributed by atoms with Crippen LogP contribution < -0.4 is 10.6 Å². The zero-order chi connectivity index (χ0) is 13.0. The third-order valence-corrected chi connectivity index (χ3v) is 4.03. The van der Waals surface area contributed by atoms with Gasteiger partial charge < -0.3 is 10.6 Å². The summed E-state index contributed by atoms with van der Waals surface area (Å²) in [6.07, 6.45) is 6.84. The predicted octanol–water partition coefficient (Wildman–Crippen LogP) is 2.52. The quantitative estimate of drug-likeness (QED) is 0.889. The van der Waals surface area contributed by atoms with Crippen molar-refractivity contribution in [3.63, 3.8) is 0 Å². The monoisotopic (exact) mass is 247 g/mol. The van der Waals surface area contributed by atoms with Gasteiger partial charge in [0.25, 0.3) is 0 Å². The topological polar surface area (TPSA) is 42.2 Å². The molecule has 1 aliphatic heterocycles. The van der Waals surface area contributed by atoms with Gasteiger partial charge in [-0.1, -0.05) is 19.4 Å². The van der Waals surface area contributed by atoms with E-state index in [-0.39, 0.29) is 0 Å². The number of aromatic nitrogens is 1. The molecule has 2 heterocycles. The normalized spacial score (nSPS) is 17.2. The molecule has 0 aromatic carbocycles. The standard InChI is InChI=1S/C15H25N3/c1-3-13-5-8-18(9-6-13)15-12(2)10-14(4-7-16)11-17-15/h10-11,13H,3-9,16H2,1-2H3. The molecule has 0 aliphatic carbocycles. The molecule has 1 aliphatic rings. The van der Waals surface area contributed by atoms with Crippen LogP contribution in [0.15, 0.2) is 12.3 Å². The van der Waals surface area contributed by atoms with Gasteiger partial charge in [0.2, 0.25) is 0 Å². The molecule has 1 fully saturated rings. The third kappa shape index (κ3) is 3.02. The fraction of sp³-hybridized carbons (Fsp3) is 0.667. The highest BCUT2D eigenvalue weighted by atomic mass is 15.2. The number of aryl methyl sites for hydroxylation is 1. The minimum Gasteiger partial charge on any atom is -0.356 e. The molecule has 2 rings (SSSR count). The first kappa shape index (κ1) is 13.3. The summed E-state index contributed by atoms with van der Waals surface area (Å²) < 4.78 is 0. The van der Waals surface area contributed by atoms with E-state index in [0.717, 1.165) is 25.4 Å². The molecule has 2 N–H and O–H groups in total. The summed E-state index contributed by atoms with van der Waals surface area (Å²) in [6, 6.07) is 2.24. The number of rotatable bonds is 4. The van der Waals surface area contributed by atoms with E-state index in [2.05, 4.69) is 29.8 Å². The molecule has 0 bridgehead atoms. The van der Waals surface area contributed by atoms with E-state index < -0.39 is 0 Å². The van der Waals surface area contributed by atoms with Crippen LogP contribution in [0, 0.1) is 12.8 Å². The minimum atomic E-state index is 0.697. The van der Waals surface area contributed by atoms with Crippen molar-refractivity contribution in [2.24, 2.45) is 11.7 Å². The Morgan fingerprint density at radius 1 is 1.39 bits per heavy atom. The first-order chi connectivity index (χ1) is 8.74. The molecule has 0 atom stereocenters. The van der Waals surface area contributed by atoms with Crippen molar-refractivity contribution in [3.05, 3.63) is 23.4 Å². The van der Waals surface area contributed by atoms with E-state index in [9.17, 15) is 0 Å². The number of pyridine rings is 1. The fourth-order valence-electron chi connectivity index (χ4n) is 2.81. The zero-order valence-electron chi connectivity index (χ0n) is 11.7. The van der Waals surface area contributed by atoms with E-state index in [1.165, 1.54) is 36.2 Å². The highest BCUT2D eigenvalue weighted by Gasteiger charge is 2.19. The highest BCUT2D eigenvalue weighted by Crippen LogP contribution is 2.26. The largest absolute Gasteiger partial charge is 0.356 e. The molecule has 1 aromatic rings. The molecule has 0 spiro atoms. The number of anilines is 1. The Kier molecular flexibility index (Phi) is 4.59. The summed E-state index contributed by atoms with van der Waals surface area (Å²) in [4.78, 5) is 7.08. The average Bonchev–Trinajstić information content (AvgIpc) is 2.40. The Bertz CT molecular complexity index is 381. The summed E-state index contributed by atoms with van der Waals surface area (Å²) in [5, 5.41) is 0. The predicted molar refractivity (Wildman–Crippen MR) is 77.0 cm³/mol. The van der Waals surface area contributed by atoms with E-state index in [1.54, 1.807) is 0 Å². The third-order valence-electron chi connectivity index (χ3n) is 4.03. The van der Waals surface area contributed by atoms with Crippen LogP contribution >= 0.6 is 0 Å². The Morgan fingerprint density at radius 2 is 2.11 bits per heavy atom. The smallest absolute Gasteiger partial charge is 0.131 e. The van der Waals surface area contributed by atoms with Crippen LogP contribution in [0.2, 0.25) is 0 Å². The minimum absolute atomic E-state index is 0.697. The molecule has 3 nitrogen and oxygen atoms in total. The van der Waals surface area contributed by atoms with E-state index >= 15 is 0 Å². The fourth-order valence-corrected chi connectivity index (χ4v) is 2.81. The molecule has 18 heavy (non-hydrogen) atoms. The second kappa shape index (κ2) is 6.19. The summed E-state index contributed by atoms with van der Waals surface area (Å²) >= 11 is 0. The maximum absolute atomic E-state index is 5.58. The molecule has 100 valence electrons. The van der Waals surface area contributed by atoms with Crippen LogP contribution in [0.3, 0.4) is 0 Å². The van der Waals surface area contributed by atoms with Crippen molar-refractivity contribution in [1.29, 1.82) is 0 Å². The van der Waals surface area contributed by atoms with Crippen LogP contribution in [0.1, 0.15) is 37.3 Å². The Labute approximate surface area is 110 Å². The number of nitrogens with two attached hydrogens (primary N) is 1. The Hall–Kier alpha value is -1.09. The van der Waals surface area contributed by atoms with Gasteiger partial charge in [-0.25, -0.2) is 4.98 Å². The van der Waals surface area contributed by atoms with E-state index in [1.807, 2.05) is 6.20 Å². The molecular formula is C15H25N3. The van der Waals surface area contributed by atoms with Gasteiger partial charge >= 0.3 is 0 Å². The van der Waals surface area contributed by atoms with Crippen LogP contribution in [0.25, 0.3) is 0 Å². The van der Waals surface area contributed by atoms with Gasteiger partial charge in [0, 0.05) is 19.3 Å². The summed E-state index contributed by atoms with van der Waals surface area (Å²) in [5.74, 6) is 2.09. The summed E-state index contributed by atoms with van der Waals surface area (Å²) in [5.41, 5.74) is 8.12. The van der Waals surface area contributed by atoms with Crippen LogP contribution in [-0.2, 0) is 6.42 Å². The summed E-state index contributed by atoms with van der Waals surface area (Å²) in [6.45, 7) is 7.47. The molecular weight excluding hydrogens is 222 g/mol. The van der Waals surface area contributed by atoms with Crippen LogP contribution in [-0.4, -0.2) is 24.6 Å². The number of hydrogen-bond donors (Lipinski definition) is 1. The second-order valence-corrected chi connectivity index (χ2v) is 5.36. The molecule has 1 aromatic heterocycles. The molecule has 0 amide bonds. The molecule has 0 radical (unpaired) electrons. The highest BCUT2D eigenvalue weighted by molar-refractivity contribution is 5.47. The van der Waals surface area contributed by atoms with Crippen molar-refractivity contribution >= 4 is 5.82 Å². The van der Waals surface area contributed by atoms with Gasteiger partial charge in [0.15, 0.2) is 0 Å². The van der Waals surface area contributed by atoms with Gasteiger partial charge in [0.1, 0.15) is 5.82 Å². The molecule has 3 heteroatoms. The maximum Gasteiger partial charge on any atom is 0.131 e. The Morgan fingerprint density at radius 3 is 2.67 bits per heavy atom. The lowest BCUT2D eigenvalue weighted by molar-refractivity contribution is 0.393. The molecule has 0 unspecified atom stereocenters. The molecule has 1 saturated heterocycles. The average molecular weight is 247 g/mol. The van der Waals surface area contributed by atoms with Gasteiger partial charge in [-0.15, -0.1) is 0 Å². The molecule has 0 saturated carbocycles. The SMILES string of the molecule is CCC1CCN(c2ncc(CCN)cc2C)CC1. The lowest BCUT2D eigenvalue weighted by atomic mass is 9.94. The summed E-state index contributed by atoms with van der Waals surface area (Å²) in [7, 11) is 0. The van der Waals surface area contributed by atoms with Crippen molar-refractivity contribution < 1.29 is 0 Å². The van der Waals surface area contributed by atoms with E-state index in [0.29, 0.717) is 6.54 Å². The first-order valence-corrected chi connectivity index (χ1v) is 7.15. The first-order valence-electron chi connectivity index (χ1n) is 7.15. The van der Waals surface area contributed by atoms with Gasteiger partial charge in [-0.3, -0.25) is 0 Å². The number of hydrogen-bond acceptors (Lipinski definition) is 3. The maximum atomic E-state index is 5.58. The number of piperidine rings is 1. The lowest BCUT2D eigenvalue weighted by Gasteiger charge is -2.33. The van der Waals surface area contributed by atoms with E-state index in [4.69, 9.17) is 5.73 Å². The van der Waals surface area contributed by atoms with Gasteiger partial charge in [-0.2, -0.15) is 0 Å². The van der Waals surface area contributed by atoms with Crippen LogP contribution in [0.4, 0.5) is 5.82 Å². The van der Waals surface area contributed by atoms with Crippen molar-refractivity contribution in [1.82, 2.24) is 4.98 Å². The van der Waals surface area contributed by atoms with Crippen molar-refractivity contribution in [2.45, 2.75) is 39.5 Å². The lowest BCUT2D eigenvalue weighted by Crippen LogP contribution is -2.34. The van der Waals surface area contributed by atoms with Gasteiger partial charge in [0.05, 0.1) is 0 Å². The van der Waals surface area contributed by atoms with Crippen molar-refractivity contribution in [2.75, 3.05) is 24.5 Å². The van der Waals surface area contributed by atoms with Crippen molar-refractivity contribution in [3.8, 4) is 0 Å². The van der Waals surface area contributed by atoms with Crippen LogP contribution in [0.5, 0.6) is 0 Å². The van der Waals surface area contributed by atoms with Gasteiger partial charge in [-0.05, 0) is 49.8 Å². The zero-order valence-corrected chi connectivity index (χ0v) is 11.7. The number of nitrogens with zero attached hydrogens (tertiary/aromatic N) is 2. The Balaban J connectivity index is 2.05. The second-order valence-electron chi connectivity index (χ2n) is 5.36.